The first-order chi connectivity index (χ1) is 26.8. The fourth-order valence-corrected chi connectivity index (χ4v) is 6.05. The van der Waals surface area contributed by atoms with Gasteiger partial charge >= 0.3 is 11.9 Å². The average Bonchev–Trinajstić information content (AvgIpc) is 3.18. The first-order valence-corrected chi connectivity index (χ1v) is 21.4. The van der Waals surface area contributed by atoms with Gasteiger partial charge in [0.05, 0.1) is 13.2 Å². The van der Waals surface area contributed by atoms with Crippen molar-refractivity contribution in [3.8, 4) is 0 Å². The van der Waals surface area contributed by atoms with Crippen molar-refractivity contribution in [1.29, 1.82) is 0 Å². The largest absolute Gasteiger partial charge is 0.462 e. The van der Waals surface area contributed by atoms with Crippen LogP contribution in [-0.2, 0) is 28.5 Å². The Bertz CT molecular complexity index is 1080. The topological polar surface area (TPSA) is 152 Å². The van der Waals surface area contributed by atoms with Crippen LogP contribution in [0.4, 0.5) is 0 Å². The van der Waals surface area contributed by atoms with Crippen LogP contribution < -0.4 is 0 Å². The van der Waals surface area contributed by atoms with E-state index in [-0.39, 0.29) is 26.1 Å². The van der Waals surface area contributed by atoms with Crippen LogP contribution >= 0.6 is 0 Å². The molecular weight excluding hydrogens is 700 g/mol. The van der Waals surface area contributed by atoms with Crippen molar-refractivity contribution in [1.82, 2.24) is 0 Å². The smallest absolute Gasteiger partial charge is 0.306 e. The molecule has 10 nitrogen and oxygen atoms in total. The molecule has 0 unspecified atom stereocenters. The molecular formula is C45H76O10. The molecule has 1 rings (SSSR count). The summed E-state index contributed by atoms with van der Waals surface area (Å²) in [7, 11) is 0. The van der Waals surface area contributed by atoms with Crippen molar-refractivity contribution in [2.24, 2.45) is 0 Å². The van der Waals surface area contributed by atoms with Gasteiger partial charge in [-0.1, -0.05) is 152 Å². The number of esters is 2. The third kappa shape index (κ3) is 27.6. The highest BCUT2D eigenvalue weighted by molar-refractivity contribution is 5.70. The van der Waals surface area contributed by atoms with Crippen LogP contribution in [0.5, 0.6) is 0 Å². The average molecular weight is 777 g/mol. The van der Waals surface area contributed by atoms with Crippen LogP contribution in [-0.4, -0.2) is 89.0 Å². The number of allylic oxidation sites excluding steroid dienone is 10. The summed E-state index contributed by atoms with van der Waals surface area (Å²) in [6.45, 7) is 3.24. The summed E-state index contributed by atoms with van der Waals surface area (Å²) in [5.41, 5.74) is 0. The van der Waals surface area contributed by atoms with Gasteiger partial charge in [-0.3, -0.25) is 9.59 Å². The standard InChI is InChI=1S/C45H76O10/c1-3-5-7-9-11-13-15-17-18-19-20-22-23-25-27-29-31-33-40(47)52-36-38(37-53-45-44(51)43(50)42(49)39(35-46)55-45)54-41(48)34-32-30-28-26-24-21-16-14-12-10-8-6-4-2/h5,7,11,13,17-18,20,22,25,27,38-39,42-46,49-51H,3-4,6,8-10,12,14-16,19,21,23-24,26,28-37H2,1-2H3/t38-,39-,42+,43+,44-,45-/m1/s1. The molecule has 0 saturated carbocycles. The van der Waals surface area contributed by atoms with Gasteiger partial charge < -0.3 is 39.4 Å². The van der Waals surface area contributed by atoms with Gasteiger partial charge in [-0.05, 0) is 51.4 Å². The van der Waals surface area contributed by atoms with E-state index in [2.05, 4.69) is 68.5 Å². The van der Waals surface area contributed by atoms with Gasteiger partial charge in [-0.2, -0.15) is 0 Å². The van der Waals surface area contributed by atoms with E-state index in [1.165, 1.54) is 57.8 Å². The molecule has 0 aromatic heterocycles. The molecule has 6 atom stereocenters. The van der Waals surface area contributed by atoms with Crippen molar-refractivity contribution >= 4 is 11.9 Å². The van der Waals surface area contributed by atoms with E-state index in [0.717, 1.165) is 57.8 Å². The number of hydrogen-bond donors (Lipinski definition) is 4. The van der Waals surface area contributed by atoms with Crippen molar-refractivity contribution in [2.75, 3.05) is 19.8 Å². The van der Waals surface area contributed by atoms with Gasteiger partial charge in [-0.25, -0.2) is 0 Å². The second-order valence-corrected chi connectivity index (χ2v) is 14.4. The number of unbranched alkanes of at least 4 members (excludes halogenated alkanes) is 13. The molecule has 10 heteroatoms. The molecule has 1 heterocycles. The van der Waals surface area contributed by atoms with Crippen molar-refractivity contribution in [3.63, 3.8) is 0 Å². The second kappa shape index (κ2) is 35.8. The SMILES string of the molecule is CCC=CCC=CCC=CCC=CCC=CCCCC(=O)OC[C@H](CO[C@@H]1O[C@H](CO)[C@H](O)[C@H](O)[C@H]1O)OC(=O)CCCCCCCCCCCCCCC. The lowest BCUT2D eigenvalue weighted by atomic mass is 9.99. The molecule has 55 heavy (non-hydrogen) atoms. The third-order valence-electron chi connectivity index (χ3n) is 9.42. The lowest BCUT2D eigenvalue weighted by Crippen LogP contribution is -2.59. The van der Waals surface area contributed by atoms with Crippen molar-refractivity contribution in [3.05, 3.63) is 60.8 Å². The summed E-state index contributed by atoms with van der Waals surface area (Å²) in [5.74, 6) is -0.877. The maximum atomic E-state index is 12.7. The number of hydrogen-bond acceptors (Lipinski definition) is 10. The fraction of sp³-hybridized carbons (Fsp3) is 0.733. The highest BCUT2D eigenvalue weighted by atomic mass is 16.7. The summed E-state index contributed by atoms with van der Waals surface area (Å²) >= 11 is 0. The Labute approximate surface area is 332 Å². The minimum absolute atomic E-state index is 0.196. The summed E-state index contributed by atoms with van der Waals surface area (Å²) in [4.78, 5) is 25.2. The monoisotopic (exact) mass is 777 g/mol. The van der Waals surface area contributed by atoms with Crippen molar-refractivity contribution < 1.29 is 49.0 Å². The van der Waals surface area contributed by atoms with E-state index < -0.39 is 55.4 Å². The molecule has 0 amide bonds. The quantitative estimate of drug-likeness (QED) is 0.0284. The van der Waals surface area contributed by atoms with Crippen molar-refractivity contribution in [2.45, 2.75) is 192 Å². The van der Waals surface area contributed by atoms with Gasteiger partial charge in [0.25, 0.3) is 0 Å². The molecule has 1 saturated heterocycles. The second-order valence-electron chi connectivity index (χ2n) is 14.4. The van der Waals surface area contributed by atoms with Gasteiger partial charge in [0, 0.05) is 12.8 Å². The van der Waals surface area contributed by atoms with E-state index >= 15 is 0 Å². The Kier molecular flexibility index (Phi) is 32.8. The highest BCUT2D eigenvalue weighted by Crippen LogP contribution is 2.22. The van der Waals surface area contributed by atoms with Gasteiger partial charge in [-0.15, -0.1) is 0 Å². The van der Waals surface area contributed by atoms with Gasteiger partial charge in [0.15, 0.2) is 12.4 Å². The van der Waals surface area contributed by atoms with E-state index in [1.807, 2.05) is 6.08 Å². The number of rotatable bonds is 34. The number of aliphatic hydroxyl groups is 4. The number of aliphatic hydroxyl groups excluding tert-OH is 4. The van der Waals surface area contributed by atoms with E-state index in [9.17, 15) is 30.0 Å². The van der Waals surface area contributed by atoms with E-state index in [1.54, 1.807) is 0 Å². The maximum absolute atomic E-state index is 12.7. The fourth-order valence-electron chi connectivity index (χ4n) is 6.05. The van der Waals surface area contributed by atoms with Crippen LogP contribution in [0.15, 0.2) is 60.8 Å². The Morgan fingerprint density at radius 1 is 0.582 bits per heavy atom. The number of ether oxygens (including phenoxy) is 4. The van der Waals surface area contributed by atoms with E-state index in [4.69, 9.17) is 18.9 Å². The Balaban J connectivity index is 2.40. The van der Waals surface area contributed by atoms with E-state index in [0.29, 0.717) is 12.8 Å². The van der Waals surface area contributed by atoms with Crippen LogP contribution in [0.25, 0.3) is 0 Å². The molecule has 0 radical (unpaired) electrons. The zero-order chi connectivity index (χ0) is 40.2. The lowest BCUT2D eigenvalue weighted by Gasteiger charge is -2.39. The normalized spacial score (nSPS) is 21.2. The summed E-state index contributed by atoms with van der Waals surface area (Å²) in [6, 6.07) is 0. The van der Waals surface area contributed by atoms with Crippen LogP contribution in [0.1, 0.15) is 155 Å². The van der Waals surface area contributed by atoms with Crippen LogP contribution in [0, 0.1) is 0 Å². The molecule has 0 aromatic rings. The molecule has 0 spiro atoms. The van der Waals surface area contributed by atoms with Gasteiger partial charge in [0.2, 0.25) is 0 Å². The molecule has 1 fully saturated rings. The molecule has 4 N–H and O–H groups in total. The molecule has 0 aliphatic carbocycles. The highest BCUT2D eigenvalue weighted by Gasteiger charge is 2.44. The lowest BCUT2D eigenvalue weighted by molar-refractivity contribution is -0.305. The predicted molar refractivity (Wildman–Crippen MR) is 219 cm³/mol. The molecule has 0 bridgehead atoms. The van der Waals surface area contributed by atoms with Crippen LogP contribution in [0.2, 0.25) is 0 Å². The summed E-state index contributed by atoms with van der Waals surface area (Å²) in [5, 5.41) is 40.0. The molecule has 1 aliphatic rings. The summed E-state index contributed by atoms with van der Waals surface area (Å²) in [6.07, 6.45) is 35.2. The Hall–Kier alpha value is -2.60. The minimum atomic E-state index is -1.60. The summed E-state index contributed by atoms with van der Waals surface area (Å²) < 4.78 is 22.1. The zero-order valence-corrected chi connectivity index (χ0v) is 34.2. The Morgan fingerprint density at radius 3 is 1.60 bits per heavy atom. The Morgan fingerprint density at radius 2 is 1.07 bits per heavy atom. The minimum Gasteiger partial charge on any atom is -0.462 e. The molecule has 1 aliphatic heterocycles. The predicted octanol–water partition coefficient (Wildman–Crippen LogP) is 8.66. The molecule has 316 valence electrons. The number of carbonyl (C=O) groups is 2. The zero-order valence-electron chi connectivity index (χ0n) is 34.2. The first-order valence-electron chi connectivity index (χ1n) is 21.4. The molecule has 0 aromatic carbocycles. The maximum Gasteiger partial charge on any atom is 0.306 e. The van der Waals surface area contributed by atoms with Crippen LogP contribution in [0.3, 0.4) is 0 Å². The first kappa shape index (κ1) is 50.4. The third-order valence-corrected chi connectivity index (χ3v) is 9.42. The number of carbonyl (C=O) groups excluding carboxylic acids is 2. The van der Waals surface area contributed by atoms with Gasteiger partial charge in [0.1, 0.15) is 31.0 Å².